The molecule has 0 bridgehead atoms. The largest absolute Gasteiger partial charge is 0.373 e. The van der Waals surface area contributed by atoms with E-state index in [9.17, 15) is 4.57 Å². The Morgan fingerprint density at radius 1 is 1.17 bits per heavy atom. The molecule has 5 rings (SSSR count). The Bertz CT molecular complexity index is 1500. The first kappa shape index (κ1) is 24.2. The number of nitrogens with zero attached hydrogens (tertiary/aromatic N) is 5. The molecule has 0 amide bonds. The summed E-state index contributed by atoms with van der Waals surface area (Å²) in [6, 6.07) is 11.3. The molecule has 3 heterocycles. The molecule has 0 saturated carbocycles. The smallest absolute Gasteiger partial charge is 0.357 e. The normalized spacial score (nSPS) is 17.2. The minimum absolute atomic E-state index is 0.0575. The Morgan fingerprint density at radius 3 is 2.69 bits per heavy atom. The lowest BCUT2D eigenvalue weighted by Crippen LogP contribution is -2.31. The topological polar surface area (TPSA) is 94.3 Å². The molecule has 2 aromatic carbocycles. The van der Waals surface area contributed by atoms with Crippen LogP contribution in [0.1, 0.15) is 30.5 Å². The van der Waals surface area contributed by atoms with E-state index in [2.05, 4.69) is 25.6 Å². The second-order valence-electron chi connectivity index (χ2n) is 8.78. The van der Waals surface area contributed by atoms with E-state index in [-0.39, 0.29) is 23.2 Å². The molecule has 4 aromatic rings. The number of anilines is 1. The highest BCUT2D eigenvalue weighted by atomic mass is 31.2. The molecule has 1 aliphatic heterocycles. The van der Waals surface area contributed by atoms with Gasteiger partial charge in [-0.25, -0.2) is 4.99 Å². The standard InChI is InChI=1S/C25H25F2N6O2P/c1-4-35-36(3,34)15-17-7-9-18(10-8-17)22-16(2)29-23-24(30-22)33(32-31-23)25(26,27)20-11-12-21-19(14-20)6-5-13-28-21/h5-14,16,29H,4,15H2,1-3H3. The average Bonchev–Trinajstić information content (AvgIpc) is 3.27. The van der Waals surface area contributed by atoms with Crippen LogP contribution in [0.3, 0.4) is 0 Å². The predicted octanol–water partition coefficient (Wildman–Crippen LogP) is 5.80. The summed E-state index contributed by atoms with van der Waals surface area (Å²) in [5, 5.41) is 11.4. The van der Waals surface area contributed by atoms with Crippen LogP contribution in [0.4, 0.5) is 20.4 Å². The van der Waals surface area contributed by atoms with Gasteiger partial charge in [-0.05, 0) is 49.2 Å². The van der Waals surface area contributed by atoms with Crippen molar-refractivity contribution in [3.8, 4) is 0 Å². The van der Waals surface area contributed by atoms with Crippen LogP contribution in [0.25, 0.3) is 10.9 Å². The van der Waals surface area contributed by atoms with Crippen LogP contribution in [-0.4, -0.2) is 45.0 Å². The van der Waals surface area contributed by atoms with E-state index in [1.54, 1.807) is 31.1 Å². The van der Waals surface area contributed by atoms with E-state index in [0.29, 0.717) is 34.1 Å². The Labute approximate surface area is 206 Å². The van der Waals surface area contributed by atoms with Crippen molar-refractivity contribution in [3.05, 3.63) is 77.5 Å². The zero-order valence-electron chi connectivity index (χ0n) is 20.0. The minimum atomic E-state index is -3.49. The minimum Gasteiger partial charge on any atom is -0.357 e. The van der Waals surface area contributed by atoms with Gasteiger partial charge in [0.15, 0.2) is 5.82 Å². The lowest BCUT2D eigenvalue weighted by Gasteiger charge is -2.24. The van der Waals surface area contributed by atoms with Gasteiger partial charge in [0.2, 0.25) is 13.2 Å². The highest BCUT2D eigenvalue weighted by molar-refractivity contribution is 7.57. The Kier molecular flexibility index (Phi) is 6.18. The number of aliphatic imine (C=N–C) groups is 1. The number of aromatic nitrogens is 4. The lowest BCUT2D eigenvalue weighted by atomic mass is 10.0. The van der Waals surface area contributed by atoms with Gasteiger partial charge in [-0.15, -0.1) is 5.10 Å². The molecule has 0 saturated heterocycles. The van der Waals surface area contributed by atoms with Gasteiger partial charge in [0, 0.05) is 30.0 Å². The average molecular weight is 510 g/mol. The van der Waals surface area contributed by atoms with Gasteiger partial charge in [0.1, 0.15) is 0 Å². The maximum atomic E-state index is 15.6. The highest BCUT2D eigenvalue weighted by Crippen LogP contribution is 2.46. The number of pyridine rings is 1. The molecular weight excluding hydrogens is 485 g/mol. The first-order chi connectivity index (χ1) is 17.2. The van der Waals surface area contributed by atoms with Crippen LogP contribution in [0.5, 0.6) is 0 Å². The van der Waals surface area contributed by atoms with Gasteiger partial charge in [-0.2, -0.15) is 13.5 Å². The number of hydrogen-bond acceptors (Lipinski definition) is 7. The number of rotatable bonds is 7. The molecule has 0 aliphatic carbocycles. The summed E-state index contributed by atoms with van der Waals surface area (Å²) in [7, 11) is -2.73. The van der Waals surface area contributed by atoms with Gasteiger partial charge in [0.25, 0.3) is 0 Å². The van der Waals surface area contributed by atoms with Crippen molar-refractivity contribution >= 4 is 35.6 Å². The number of benzene rings is 2. The maximum Gasteiger partial charge on any atom is 0.373 e. The van der Waals surface area contributed by atoms with E-state index in [4.69, 9.17) is 4.52 Å². The van der Waals surface area contributed by atoms with Crippen LogP contribution in [0, 0.1) is 0 Å². The Morgan fingerprint density at radius 2 is 1.94 bits per heavy atom. The quantitative estimate of drug-likeness (QED) is 0.316. The molecular formula is C25H25F2N6O2P. The predicted molar refractivity (Wildman–Crippen MR) is 136 cm³/mol. The summed E-state index contributed by atoms with van der Waals surface area (Å²) in [6.07, 6.45) is 1.93. The third-order valence-corrected chi connectivity index (χ3v) is 7.72. The van der Waals surface area contributed by atoms with Crippen LogP contribution in [0.15, 0.2) is 65.8 Å². The zero-order chi connectivity index (χ0) is 25.5. The first-order valence-corrected chi connectivity index (χ1v) is 13.8. The molecule has 1 N–H and O–H groups in total. The molecule has 0 radical (unpaired) electrons. The molecule has 186 valence electrons. The summed E-state index contributed by atoms with van der Waals surface area (Å²) in [5.74, 6) is 0.131. The lowest BCUT2D eigenvalue weighted by molar-refractivity contribution is -0.0477. The third kappa shape index (κ3) is 4.54. The van der Waals surface area contributed by atoms with Crippen LogP contribution in [0.2, 0.25) is 0 Å². The van der Waals surface area contributed by atoms with E-state index in [1.807, 2.05) is 38.1 Å². The van der Waals surface area contributed by atoms with Crippen molar-refractivity contribution < 1.29 is 17.9 Å². The molecule has 36 heavy (non-hydrogen) atoms. The number of nitrogens with one attached hydrogen (secondary N) is 1. The van der Waals surface area contributed by atoms with Crippen molar-refractivity contribution in [1.82, 2.24) is 20.0 Å². The number of fused-ring (bicyclic) bond motifs is 2. The first-order valence-electron chi connectivity index (χ1n) is 11.5. The Balaban J connectivity index is 1.48. The number of hydrogen-bond donors (Lipinski definition) is 1. The monoisotopic (exact) mass is 510 g/mol. The van der Waals surface area contributed by atoms with Gasteiger partial charge in [-0.1, -0.05) is 35.5 Å². The number of alkyl halides is 2. The molecule has 2 aromatic heterocycles. The molecule has 0 fully saturated rings. The summed E-state index contributed by atoms with van der Waals surface area (Å²) >= 11 is 0. The van der Waals surface area contributed by atoms with Crippen molar-refractivity contribution in [1.29, 1.82) is 0 Å². The summed E-state index contributed by atoms with van der Waals surface area (Å²) < 4.78 is 49.7. The summed E-state index contributed by atoms with van der Waals surface area (Å²) in [5.41, 5.74) is 2.56. The molecule has 2 atom stereocenters. The van der Waals surface area contributed by atoms with Crippen LogP contribution >= 0.6 is 7.37 Å². The van der Waals surface area contributed by atoms with Crippen molar-refractivity contribution in [3.63, 3.8) is 0 Å². The van der Waals surface area contributed by atoms with Crippen molar-refractivity contribution in [2.75, 3.05) is 18.6 Å². The highest BCUT2D eigenvalue weighted by Gasteiger charge is 2.40. The van der Waals surface area contributed by atoms with E-state index in [0.717, 1.165) is 11.1 Å². The number of halogens is 2. The summed E-state index contributed by atoms with van der Waals surface area (Å²) in [4.78, 5) is 8.75. The molecule has 2 unspecified atom stereocenters. The Hall–Kier alpha value is -3.49. The maximum absolute atomic E-state index is 15.6. The van der Waals surface area contributed by atoms with Gasteiger partial charge >= 0.3 is 6.05 Å². The van der Waals surface area contributed by atoms with E-state index >= 15 is 8.78 Å². The van der Waals surface area contributed by atoms with Gasteiger partial charge in [0.05, 0.1) is 23.9 Å². The van der Waals surface area contributed by atoms with Crippen molar-refractivity contribution in [2.45, 2.75) is 32.1 Å². The fourth-order valence-electron chi connectivity index (χ4n) is 4.27. The molecule has 1 aliphatic rings. The second kappa shape index (κ2) is 9.19. The summed E-state index contributed by atoms with van der Waals surface area (Å²) in [6.45, 7) is 5.68. The second-order valence-corrected chi connectivity index (χ2v) is 11.4. The van der Waals surface area contributed by atoms with E-state index < -0.39 is 13.4 Å². The van der Waals surface area contributed by atoms with Crippen LogP contribution in [-0.2, 0) is 21.3 Å². The van der Waals surface area contributed by atoms with Gasteiger partial charge < -0.3 is 9.84 Å². The van der Waals surface area contributed by atoms with Crippen molar-refractivity contribution in [2.24, 2.45) is 4.99 Å². The fourth-order valence-corrected chi connectivity index (χ4v) is 5.79. The SMILES string of the molecule is CCOP(C)(=O)Cc1ccc(C2=Nc3c(nnn3C(F)(F)c3ccc4ncccc4c3)NC2C)cc1. The molecule has 11 heteroatoms. The fraction of sp³-hybridized carbons (Fsp3) is 0.280. The molecule has 8 nitrogen and oxygen atoms in total. The van der Waals surface area contributed by atoms with Gasteiger partial charge in [-0.3, -0.25) is 9.55 Å². The zero-order valence-corrected chi connectivity index (χ0v) is 20.9. The molecule has 0 spiro atoms. The third-order valence-electron chi connectivity index (χ3n) is 5.97. The van der Waals surface area contributed by atoms with E-state index in [1.165, 1.54) is 12.1 Å². The van der Waals surface area contributed by atoms with Crippen LogP contribution < -0.4 is 5.32 Å².